The number of benzene rings is 1. The maximum absolute atomic E-state index is 11.3. The molecule has 0 spiro atoms. The van der Waals surface area contributed by atoms with Crippen LogP contribution in [-0.2, 0) is 4.79 Å². The Morgan fingerprint density at radius 3 is 2.46 bits per heavy atom. The van der Waals surface area contributed by atoms with Crippen molar-refractivity contribution in [2.75, 3.05) is 6.54 Å². The third-order valence-electron chi connectivity index (χ3n) is 2.15. The molecule has 70 valence electrons. The number of carbonyl (C=O) groups is 1. The second-order valence-corrected chi connectivity index (χ2v) is 3.15. The van der Waals surface area contributed by atoms with Crippen LogP contribution in [-0.4, -0.2) is 12.3 Å². The molecule has 1 rings (SSSR count). The van der Waals surface area contributed by atoms with Gasteiger partial charge in [0.2, 0.25) is 0 Å². The van der Waals surface area contributed by atoms with Crippen LogP contribution in [0, 0.1) is 0 Å². The van der Waals surface area contributed by atoms with Crippen LogP contribution in [0.25, 0.3) is 0 Å². The van der Waals surface area contributed by atoms with Crippen LogP contribution >= 0.6 is 0 Å². The first-order chi connectivity index (χ1) is 6.25. The number of carbonyl (C=O) groups excluding carboxylic acids is 1. The Hall–Kier alpha value is -1.15. The number of rotatable bonds is 4. The summed E-state index contributed by atoms with van der Waals surface area (Å²) < 4.78 is 0. The van der Waals surface area contributed by atoms with E-state index in [-0.39, 0.29) is 11.7 Å². The highest BCUT2D eigenvalue weighted by Gasteiger charge is 2.14. The standard InChI is InChI=1S/C11H15NO/c1-9(13)11(7-8-12)10-5-3-2-4-6-10/h2-6,11H,7-8,12H2,1H3/t11-/m0/s1. The topological polar surface area (TPSA) is 43.1 Å². The molecule has 0 amide bonds. The minimum absolute atomic E-state index is 0.0220. The van der Waals surface area contributed by atoms with Gasteiger partial charge >= 0.3 is 0 Å². The first kappa shape index (κ1) is 9.93. The SMILES string of the molecule is CC(=O)[C@H](CCN)c1ccccc1. The molecule has 2 nitrogen and oxygen atoms in total. The van der Waals surface area contributed by atoms with Gasteiger partial charge in [-0.15, -0.1) is 0 Å². The molecular formula is C11H15NO. The molecule has 0 radical (unpaired) electrons. The molecule has 13 heavy (non-hydrogen) atoms. The summed E-state index contributed by atoms with van der Waals surface area (Å²) in [6.07, 6.45) is 0.735. The third-order valence-corrected chi connectivity index (χ3v) is 2.15. The molecule has 0 bridgehead atoms. The molecule has 2 N–H and O–H groups in total. The molecular weight excluding hydrogens is 162 g/mol. The van der Waals surface area contributed by atoms with Crippen LogP contribution in [0.5, 0.6) is 0 Å². The van der Waals surface area contributed by atoms with Gasteiger partial charge in [-0.05, 0) is 25.5 Å². The van der Waals surface area contributed by atoms with Gasteiger partial charge in [0.15, 0.2) is 0 Å². The fourth-order valence-electron chi connectivity index (χ4n) is 1.46. The van der Waals surface area contributed by atoms with Crippen LogP contribution in [0.15, 0.2) is 30.3 Å². The Labute approximate surface area is 78.8 Å². The highest BCUT2D eigenvalue weighted by Crippen LogP contribution is 2.19. The Morgan fingerprint density at radius 1 is 1.38 bits per heavy atom. The maximum Gasteiger partial charge on any atom is 0.137 e. The van der Waals surface area contributed by atoms with Crippen molar-refractivity contribution in [2.24, 2.45) is 5.73 Å². The zero-order chi connectivity index (χ0) is 9.68. The fraction of sp³-hybridized carbons (Fsp3) is 0.364. The lowest BCUT2D eigenvalue weighted by Crippen LogP contribution is -2.13. The summed E-state index contributed by atoms with van der Waals surface area (Å²) in [5.74, 6) is 0.169. The Balaban J connectivity index is 2.82. The second-order valence-electron chi connectivity index (χ2n) is 3.15. The molecule has 0 unspecified atom stereocenters. The zero-order valence-electron chi connectivity index (χ0n) is 7.86. The smallest absolute Gasteiger partial charge is 0.137 e. The molecule has 0 saturated heterocycles. The maximum atomic E-state index is 11.3. The molecule has 1 aromatic rings. The summed E-state index contributed by atoms with van der Waals surface area (Å²) >= 11 is 0. The summed E-state index contributed by atoms with van der Waals surface area (Å²) in [4.78, 5) is 11.3. The van der Waals surface area contributed by atoms with Crippen LogP contribution in [0.1, 0.15) is 24.8 Å². The third kappa shape index (κ3) is 2.67. The van der Waals surface area contributed by atoms with E-state index < -0.39 is 0 Å². The van der Waals surface area contributed by atoms with Gasteiger partial charge in [-0.1, -0.05) is 30.3 Å². The molecule has 0 aliphatic carbocycles. The molecule has 2 heteroatoms. The van der Waals surface area contributed by atoms with Crippen LogP contribution in [0.2, 0.25) is 0 Å². The van der Waals surface area contributed by atoms with Gasteiger partial charge < -0.3 is 5.73 Å². The molecule has 0 fully saturated rings. The van der Waals surface area contributed by atoms with Gasteiger partial charge in [0.25, 0.3) is 0 Å². The number of hydrogen-bond donors (Lipinski definition) is 1. The van der Waals surface area contributed by atoms with Gasteiger partial charge in [-0.2, -0.15) is 0 Å². The molecule has 1 aromatic carbocycles. The van der Waals surface area contributed by atoms with Crippen molar-refractivity contribution in [1.29, 1.82) is 0 Å². The molecule has 0 heterocycles. The quantitative estimate of drug-likeness (QED) is 0.760. The van der Waals surface area contributed by atoms with E-state index in [0.29, 0.717) is 6.54 Å². The summed E-state index contributed by atoms with van der Waals surface area (Å²) in [5, 5.41) is 0. The predicted octanol–water partition coefficient (Wildman–Crippen LogP) is 1.71. The van der Waals surface area contributed by atoms with Crippen molar-refractivity contribution in [3.05, 3.63) is 35.9 Å². The van der Waals surface area contributed by atoms with Crippen LogP contribution in [0.4, 0.5) is 0 Å². The van der Waals surface area contributed by atoms with Gasteiger partial charge in [0.1, 0.15) is 5.78 Å². The minimum Gasteiger partial charge on any atom is -0.330 e. The lowest BCUT2D eigenvalue weighted by molar-refractivity contribution is -0.118. The van der Waals surface area contributed by atoms with Crippen molar-refractivity contribution in [1.82, 2.24) is 0 Å². The lowest BCUT2D eigenvalue weighted by atomic mass is 9.92. The summed E-state index contributed by atoms with van der Waals surface area (Å²) in [7, 11) is 0. The predicted molar refractivity (Wildman–Crippen MR) is 53.5 cm³/mol. The van der Waals surface area contributed by atoms with Crippen LogP contribution in [0.3, 0.4) is 0 Å². The average molecular weight is 177 g/mol. The van der Waals surface area contributed by atoms with Crippen molar-refractivity contribution < 1.29 is 4.79 Å². The van der Waals surface area contributed by atoms with Gasteiger partial charge in [-0.3, -0.25) is 4.79 Å². The molecule has 0 saturated carbocycles. The Kier molecular flexibility index (Phi) is 3.65. The van der Waals surface area contributed by atoms with Crippen molar-refractivity contribution >= 4 is 5.78 Å². The Morgan fingerprint density at radius 2 is 2.00 bits per heavy atom. The van der Waals surface area contributed by atoms with E-state index in [2.05, 4.69) is 0 Å². The second kappa shape index (κ2) is 4.77. The van der Waals surface area contributed by atoms with E-state index in [1.807, 2.05) is 30.3 Å². The number of hydrogen-bond acceptors (Lipinski definition) is 2. The molecule has 0 aliphatic heterocycles. The normalized spacial score (nSPS) is 12.5. The highest BCUT2D eigenvalue weighted by molar-refractivity contribution is 5.83. The van der Waals surface area contributed by atoms with Gasteiger partial charge in [0.05, 0.1) is 0 Å². The largest absolute Gasteiger partial charge is 0.330 e. The molecule has 0 aliphatic rings. The number of ketones is 1. The number of nitrogens with two attached hydrogens (primary N) is 1. The van der Waals surface area contributed by atoms with E-state index >= 15 is 0 Å². The zero-order valence-corrected chi connectivity index (χ0v) is 7.86. The van der Waals surface area contributed by atoms with E-state index in [9.17, 15) is 4.79 Å². The number of Topliss-reactive ketones (excluding diaryl/α,β-unsaturated/α-hetero) is 1. The average Bonchev–Trinajstić information content (AvgIpc) is 2.15. The monoisotopic (exact) mass is 177 g/mol. The first-order valence-electron chi connectivity index (χ1n) is 4.51. The Bertz CT molecular complexity index is 269. The van der Waals surface area contributed by atoms with Crippen molar-refractivity contribution in [3.63, 3.8) is 0 Å². The van der Waals surface area contributed by atoms with Crippen molar-refractivity contribution in [2.45, 2.75) is 19.3 Å². The van der Waals surface area contributed by atoms with E-state index in [4.69, 9.17) is 5.73 Å². The fourth-order valence-corrected chi connectivity index (χ4v) is 1.46. The lowest BCUT2D eigenvalue weighted by Gasteiger charge is -2.12. The minimum atomic E-state index is -0.0220. The molecule has 1 atom stereocenters. The van der Waals surface area contributed by atoms with E-state index in [1.54, 1.807) is 6.92 Å². The van der Waals surface area contributed by atoms with Crippen LogP contribution < -0.4 is 5.73 Å². The van der Waals surface area contributed by atoms with E-state index in [0.717, 1.165) is 12.0 Å². The summed E-state index contributed by atoms with van der Waals surface area (Å²) in [6, 6.07) is 9.79. The highest BCUT2D eigenvalue weighted by atomic mass is 16.1. The van der Waals surface area contributed by atoms with Gasteiger partial charge in [0, 0.05) is 5.92 Å². The van der Waals surface area contributed by atoms with Gasteiger partial charge in [-0.25, -0.2) is 0 Å². The summed E-state index contributed by atoms with van der Waals surface area (Å²) in [5.41, 5.74) is 6.52. The summed E-state index contributed by atoms with van der Waals surface area (Å²) in [6.45, 7) is 2.17. The van der Waals surface area contributed by atoms with E-state index in [1.165, 1.54) is 0 Å². The molecule has 0 aromatic heterocycles. The first-order valence-corrected chi connectivity index (χ1v) is 4.51. The van der Waals surface area contributed by atoms with Crippen molar-refractivity contribution in [3.8, 4) is 0 Å².